The van der Waals surface area contributed by atoms with Gasteiger partial charge in [-0.15, -0.1) is 0 Å². The molecule has 6 heteroatoms. The van der Waals surface area contributed by atoms with Gasteiger partial charge < -0.3 is 9.47 Å². The highest BCUT2D eigenvalue weighted by molar-refractivity contribution is 6.36. The van der Waals surface area contributed by atoms with Crippen LogP contribution in [0, 0.1) is 0 Å². The number of aromatic nitrogens is 2. The summed E-state index contributed by atoms with van der Waals surface area (Å²) in [6.07, 6.45) is 5.23. The van der Waals surface area contributed by atoms with Gasteiger partial charge in [-0.2, -0.15) is 0 Å². The molecule has 1 aromatic heterocycles. The van der Waals surface area contributed by atoms with Crippen LogP contribution >= 0.6 is 23.2 Å². The molecule has 1 saturated heterocycles. The zero-order valence-corrected chi connectivity index (χ0v) is 17.7. The van der Waals surface area contributed by atoms with E-state index in [0.717, 1.165) is 41.8 Å². The van der Waals surface area contributed by atoms with Crippen LogP contribution in [0.25, 0.3) is 11.0 Å². The molecule has 0 N–H and O–H groups in total. The Morgan fingerprint density at radius 2 is 1.72 bits per heavy atom. The normalized spacial score (nSPS) is 20.3. The highest BCUT2D eigenvalue weighted by atomic mass is 35.5. The van der Waals surface area contributed by atoms with Crippen molar-refractivity contribution in [2.75, 3.05) is 6.54 Å². The van der Waals surface area contributed by atoms with Crippen molar-refractivity contribution in [2.45, 2.75) is 50.6 Å². The molecule has 1 aliphatic heterocycles. The number of hydrogen-bond acceptors (Lipinski definition) is 2. The molecule has 3 aromatic rings. The van der Waals surface area contributed by atoms with Gasteiger partial charge in [-0.05, 0) is 37.1 Å². The molecule has 5 rings (SSSR count). The number of halogens is 2. The van der Waals surface area contributed by atoms with Crippen molar-refractivity contribution >= 4 is 40.1 Å². The fraction of sp³-hybridized carbons (Fsp3) is 0.391. The van der Waals surface area contributed by atoms with Crippen LogP contribution in [0.1, 0.15) is 49.4 Å². The van der Waals surface area contributed by atoms with Crippen molar-refractivity contribution in [2.24, 2.45) is 0 Å². The summed E-state index contributed by atoms with van der Waals surface area (Å²) in [6, 6.07) is 14.1. The van der Waals surface area contributed by atoms with Gasteiger partial charge >= 0.3 is 0 Å². The van der Waals surface area contributed by atoms with E-state index in [2.05, 4.69) is 15.5 Å². The molecule has 4 nitrogen and oxygen atoms in total. The zero-order chi connectivity index (χ0) is 20.0. The summed E-state index contributed by atoms with van der Waals surface area (Å²) in [6.45, 7) is 1.30. The second-order valence-electron chi connectivity index (χ2n) is 8.13. The SMILES string of the molecule is O=C1CC(c2nc3ccccc3n2Cc2c(Cl)cccc2Cl)CN1C1CCCC1. The lowest BCUT2D eigenvalue weighted by molar-refractivity contribution is -0.129. The van der Waals surface area contributed by atoms with E-state index in [1.54, 1.807) is 0 Å². The first-order valence-electron chi connectivity index (χ1n) is 10.3. The van der Waals surface area contributed by atoms with Crippen LogP contribution < -0.4 is 0 Å². The number of carbonyl (C=O) groups is 1. The molecule has 0 bridgehead atoms. The quantitative estimate of drug-likeness (QED) is 0.539. The van der Waals surface area contributed by atoms with Crippen LogP contribution in [0.2, 0.25) is 10.0 Å². The molecule has 0 radical (unpaired) electrons. The Morgan fingerprint density at radius 1 is 1.00 bits per heavy atom. The number of nitrogens with zero attached hydrogens (tertiary/aromatic N) is 3. The number of fused-ring (bicyclic) bond motifs is 1. The highest BCUT2D eigenvalue weighted by Crippen LogP contribution is 2.36. The minimum atomic E-state index is 0.0942. The number of likely N-dealkylation sites (tertiary alicyclic amines) is 1. The lowest BCUT2D eigenvalue weighted by Gasteiger charge is -2.24. The molecule has 2 aromatic carbocycles. The Kier molecular flexibility index (Phi) is 5.00. The van der Waals surface area contributed by atoms with Crippen molar-refractivity contribution in [1.29, 1.82) is 0 Å². The van der Waals surface area contributed by atoms with Gasteiger partial charge in [-0.3, -0.25) is 4.79 Å². The Balaban J connectivity index is 1.54. The first-order valence-corrected chi connectivity index (χ1v) is 11.0. The van der Waals surface area contributed by atoms with E-state index in [1.165, 1.54) is 12.8 Å². The van der Waals surface area contributed by atoms with E-state index >= 15 is 0 Å². The topological polar surface area (TPSA) is 38.1 Å². The minimum Gasteiger partial charge on any atom is -0.339 e. The smallest absolute Gasteiger partial charge is 0.223 e. The van der Waals surface area contributed by atoms with Crippen LogP contribution in [0.4, 0.5) is 0 Å². The molecular weight excluding hydrogens is 405 g/mol. The van der Waals surface area contributed by atoms with E-state index in [4.69, 9.17) is 28.2 Å². The van der Waals surface area contributed by atoms with E-state index in [-0.39, 0.29) is 11.8 Å². The third kappa shape index (κ3) is 3.43. The van der Waals surface area contributed by atoms with Crippen molar-refractivity contribution < 1.29 is 4.79 Å². The summed E-state index contributed by atoms with van der Waals surface area (Å²) in [5.41, 5.74) is 2.87. The predicted molar refractivity (Wildman–Crippen MR) is 117 cm³/mol. The standard InChI is InChI=1S/C23H23Cl2N3O/c24-18-8-5-9-19(25)17(18)14-28-21-11-4-3-10-20(21)26-23(28)15-12-22(29)27(13-15)16-6-1-2-7-16/h3-5,8-11,15-16H,1-2,6-7,12-14H2. The predicted octanol–water partition coefficient (Wildman–Crippen LogP) is 5.65. The molecule has 1 saturated carbocycles. The molecule has 2 fully saturated rings. The van der Waals surface area contributed by atoms with Crippen LogP contribution in [0.3, 0.4) is 0 Å². The van der Waals surface area contributed by atoms with E-state index < -0.39 is 0 Å². The summed E-state index contributed by atoms with van der Waals surface area (Å²) in [4.78, 5) is 19.8. The van der Waals surface area contributed by atoms with Crippen LogP contribution in [-0.4, -0.2) is 32.9 Å². The summed E-state index contributed by atoms with van der Waals surface area (Å²) >= 11 is 12.9. The fourth-order valence-electron chi connectivity index (χ4n) is 4.89. The minimum absolute atomic E-state index is 0.0942. The van der Waals surface area contributed by atoms with Gasteiger partial charge in [0.25, 0.3) is 0 Å². The summed E-state index contributed by atoms with van der Waals surface area (Å²) in [7, 11) is 0. The average molecular weight is 428 g/mol. The van der Waals surface area contributed by atoms with Gasteiger partial charge in [0, 0.05) is 40.5 Å². The fourth-order valence-corrected chi connectivity index (χ4v) is 5.40. The lowest BCUT2D eigenvalue weighted by Crippen LogP contribution is -2.34. The monoisotopic (exact) mass is 427 g/mol. The number of para-hydroxylation sites is 2. The molecule has 150 valence electrons. The molecule has 2 aliphatic rings. The van der Waals surface area contributed by atoms with Crippen LogP contribution in [0.15, 0.2) is 42.5 Å². The van der Waals surface area contributed by atoms with Crippen molar-refractivity contribution in [3.8, 4) is 0 Å². The van der Waals surface area contributed by atoms with Gasteiger partial charge in [0.2, 0.25) is 5.91 Å². The summed E-state index contributed by atoms with van der Waals surface area (Å²) in [5, 5.41) is 1.30. The molecule has 1 amide bonds. The maximum atomic E-state index is 12.8. The second-order valence-corrected chi connectivity index (χ2v) is 8.94. The average Bonchev–Trinajstić information content (AvgIpc) is 3.43. The van der Waals surface area contributed by atoms with Crippen molar-refractivity contribution in [3.05, 3.63) is 63.9 Å². The van der Waals surface area contributed by atoms with Crippen molar-refractivity contribution in [1.82, 2.24) is 14.5 Å². The van der Waals surface area contributed by atoms with Gasteiger partial charge in [-0.1, -0.05) is 54.2 Å². The largest absolute Gasteiger partial charge is 0.339 e. The van der Waals surface area contributed by atoms with Crippen LogP contribution in [0.5, 0.6) is 0 Å². The Morgan fingerprint density at radius 3 is 2.48 bits per heavy atom. The molecule has 29 heavy (non-hydrogen) atoms. The van der Waals surface area contributed by atoms with E-state index in [9.17, 15) is 4.79 Å². The maximum absolute atomic E-state index is 12.8. The molecule has 0 spiro atoms. The van der Waals surface area contributed by atoms with Gasteiger partial charge in [0.05, 0.1) is 17.6 Å². The number of hydrogen-bond donors (Lipinski definition) is 0. The Hall–Kier alpha value is -2.04. The van der Waals surface area contributed by atoms with E-state index in [0.29, 0.717) is 29.1 Å². The molecule has 1 unspecified atom stereocenters. The Bertz CT molecular complexity index is 1050. The van der Waals surface area contributed by atoms with Crippen LogP contribution in [-0.2, 0) is 11.3 Å². The zero-order valence-electron chi connectivity index (χ0n) is 16.2. The number of rotatable bonds is 4. The number of benzene rings is 2. The third-order valence-electron chi connectivity index (χ3n) is 6.35. The molecular formula is C23H23Cl2N3O. The van der Waals surface area contributed by atoms with E-state index in [1.807, 2.05) is 36.4 Å². The van der Waals surface area contributed by atoms with Gasteiger partial charge in [0.15, 0.2) is 0 Å². The highest BCUT2D eigenvalue weighted by Gasteiger charge is 2.38. The second kappa shape index (κ2) is 7.66. The molecule has 1 atom stereocenters. The first kappa shape index (κ1) is 19.0. The number of carbonyl (C=O) groups excluding carboxylic acids is 1. The number of amides is 1. The summed E-state index contributed by atoms with van der Waals surface area (Å²) in [5.74, 6) is 1.31. The third-order valence-corrected chi connectivity index (χ3v) is 7.06. The van der Waals surface area contributed by atoms with Gasteiger partial charge in [0.1, 0.15) is 5.82 Å². The molecule has 2 heterocycles. The maximum Gasteiger partial charge on any atom is 0.223 e. The van der Waals surface area contributed by atoms with Gasteiger partial charge in [-0.25, -0.2) is 4.98 Å². The number of imidazole rings is 1. The molecule has 1 aliphatic carbocycles. The first-order chi connectivity index (χ1) is 14.1. The van der Waals surface area contributed by atoms with Crippen molar-refractivity contribution in [3.63, 3.8) is 0 Å². The lowest BCUT2D eigenvalue weighted by atomic mass is 10.1. The Labute approximate surface area is 180 Å². The summed E-state index contributed by atoms with van der Waals surface area (Å²) < 4.78 is 2.19.